The predicted molar refractivity (Wildman–Crippen MR) is 61.6 cm³/mol. The van der Waals surface area contributed by atoms with Gasteiger partial charge in [-0.05, 0) is 18.6 Å². The fourth-order valence-electron chi connectivity index (χ4n) is 1.62. The molecular formula is C11H11ClN2O2. The first-order valence-corrected chi connectivity index (χ1v) is 5.43. The quantitative estimate of drug-likeness (QED) is 0.815. The first-order valence-electron chi connectivity index (χ1n) is 5.05. The Morgan fingerprint density at radius 3 is 2.75 bits per heavy atom. The van der Waals surface area contributed by atoms with Crippen LogP contribution in [0.4, 0.5) is 10.5 Å². The monoisotopic (exact) mass is 238 g/mol. The van der Waals surface area contributed by atoms with Gasteiger partial charge < -0.3 is 5.32 Å². The molecular weight excluding hydrogens is 228 g/mol. The number of halogens is 1. The normalized spacial score (nSPS) is 16.9. The molecule has 0 radical (unpaired) electrons. The number of anilines is 1. The van der Waals surface area contributed by atoms with E-state index in [4.69, 9.17) is 11.6 Å². The number of amides is 3. The maximum absolute atomic E-state index is 11.8. The minimum Gasteiger partial charge on any atom is -0.337 e. The summed E-state index contributed by atoms with van der Waals surface area (Å²) >= 11 is 5.97. The molecule has 0 atom stereocenters. The highest BCUT2D eigenvalue weighted by molar-refractivity contribution is 6.35. The minimum absolute atomic E-state index is 0.219. The topological polar surface area (TPSA) is 49.4 Å². The summed E-state index contributed by atoms with van der Waals surface area (Å²) < 4.78 is 0. The number of benzene rings is 1. The summed E-state index contributed by atoms with van der Waals surface area (Å²) in [6.07, 6.45) is 1.01. The van der Waals surface area contributed by atoms with Gasteiger partial charge in [0.25, 0.3) is 0 Å². The van der Waals surface area contributed by atoms with Crippen LogP contribution >= 0.6 is 11.6 Å². The van der Waals surface area contributed by atoms with Crippen LogP contribution in [0, 0.1) is 0 Å². The van der Waals surface area contributed by atoms with Crippen molar-refractivity contribution < 1.29 is 9.59 Å². The molecule has 1 N–H and O–H groups in total. The molecule has 1 fully saturated rings. The summed E-state index contributed by atoms with van der Waals surface area (Å²) in [5.74, 6) is -0.219. The standard InChI is InChI=1S/C11H11ClN2O2/c12-8-4-1-2-5-9(8)14-10(15)6-3-7-13-11(14)16/h1-2,4-5H,3,6-7H2,(H,13,16). The van der Waals surface area contributed by atoms with Gasteiger partial charge in [-0.2, -0.15) is 0 Å². The highest BCUT2D eigenvalue weighted by Crippen LogP contribution is 2.26. The highest BCUT2D eigenvalue weighted by atomic mass is 35.5. The number of carbonyl (C=O) groups is 2. The van der Waals surface area contributed by atoms with Crippen LogP contribution in [0.3, 0.4) is 0 Å². The fourth-order valence-corrected chi connectivity index (χ4v) is 1.84. The van der Waals surface area contributed by atoms with E-state index in [0.717, 1.165) is 4.90 Å². The van der Waals surface area contributed by atoms with Crippen molar-refractivity contribution in [2.24, 2.45) is 0 Å². The summed E-state index contributed by atoms with van der Waals surface area (Å²) in [5.41, 5.74) is 0.438. The van der Waals surface area contributed by atoms with Gasteiger partial charge in [0.05, 0.1) is 10.7 Å². The SMILES string of the molecule is O=C1CCCNC(=O)N1c1ccccc1Cl. The van der Waals surface area contributed by atoms with Crippen molar-refractivity contribution in [2.75, 3.05) is 11.4 Å². The average Bonchev–Trinajstić information content (AvgIpc) is 2.42. The average molecular weight is 239 g/mol. The van der Waals surface area contributed by atoms with E-state index >= 15 is 0 Å². The fraction of sp³-hybridized carbons (Fsp3) is 0.273. The molecule has 16 heavy (non-hydrogen) atoms. The first kappa shape index (κ1) is 11.0. The number of para-hydroxylation sites is 1. The molecule has 0 bridgehead atoms. The molecule has 84 valence electrons. The van der Waals surface area contributed by atoms with Gasteiger partial charge in [0.1, 0.15) is 0 Å². The molecule has 5 heteroatoms. The van der Waals surface area contributed by atoms with Crippen molar-refractivity contribution >= 4 is 29.2 Å². The maximum atomic E-state index is 11.8. The Kier molecular flexibility index (Phi) is 3.10. The van der Waals surface area contributed by atoms with Crippen LogP contribution in [-0.2, 0) is 4.79 Å². The summed E-state index contributed by atoms with van der Waals surface area (Å²) in [6, 6.07) is 6.40. The zero-order valence-corrected chi connectivity index (χ0v) is 9.33. The second kappa shape index (κ2) is 4.53. The zero-order chi connectivity index (χ0) is 11.5. The summed E-state index contributed by atoms with van der Waals surface area (Å²) in [6.45, 7) is 0.519. The number of urea groups is 1. The lowest BCUT2D eigenvalue weighted by Crippen LogP contribution is -2.41. The van der Waals surface area contributed by atoms with Crippen molar-refractivity contribution in [1.29, 1.82) is 0 Å². The Morgan fingerprint density at radius 1 is 1.25 bits per heavy atom. The van der Waals surface area contributed by atoms with E-state index in [2.05, 4.69) is 5.32 Å². The van der Waals surface area contributed by atoms with Crippen LogP contribution in [-0.4, -0.2) is 18.5 Å². The summed E-state index contributed by atoms with van der Waals surface area (Å²) in [7, 11) is 0. The van der Waals surface area contributed by atoms with Gasteiger partial charge >= 0.3 is 6.03 Å². The first-order chi connectivity index (χ1) is 7.70. The highest BCUT2D eigenvalue weighted by Gasteiger charge is 2.26. The number of nitrogens with one attached hydrogen (secondary N) is 1. The van der Waals surface area contributed by atoms with Gasteiger partial charge in [0, 0.05) is 13.0 Å². The van der Waals surface area contributed by atoms with Gasteiger partial charge in [-0.25, -0.2) is 9.69 Å². The molecule has 1 aromatic rings. The number of carbonyl (C=O) groups excluding carboxylic acids is 2. The molecule has 0 aromatic heterocycles. The van der Waals surface area contributed by atoms with Crippen LogP contribution in [0.1, 0.15) is 12.8 Å². The third kappa shape index (κ3) is 2.02. The van der Waals surface area contributed by atoms with Gasteiger partial charge in [-0.3, -0.25) is 4.79 Å². The second-order valence-electron chi connectivity index (χ2n) is 3.52. The van der Waals surface area contributed by atoms with E-state index in [-0.39, 0.29) is 5.91 Å². The smallest absolute Gasteiger partial charge is 0.328 e. The van der Waals surface area contributed by atoms with Gasteiger partial charge in [0.15, 0.2) is 0 Å². The van der Waals surface area contributed by atoms with E-state index in [1.165, 1.54) is 0 Å². The molecule has 3 amide bonds. The zero-order valence-electron chi connectivity index (χ0n) is 8.57. The number of nitrogens with zero attached hydrogens (tertiary/aromatic N) is 1. The van der Waals surface area contributed by atoms with E-state index in [1.807, 2.05) is 0 Å². The van der Waals surface area contributed by atoms with Crippen molar-refractivity contribution in [3.63, 3.8) is 0 Å². The van der Waals surface area contributed by atoms with Crippen LogP contribution < -0.4 is 10.2 Å². The van der Waals surface area contributed by atoms with E-state index in [9.17, 15) is 9.59 Å². The largest absolute Gasteiger partial charge is 0.337 e. The third-order valence-electron chi connectivity index (χ3n) is 2.39. The Labute approximate surface area is 98.2 Å². The Hall–Kier alpha value is -1.55. The van der Waals surface area contributed by atoms with Crippen LogP contribution in [0.5, 0.6) is 0 Å². The Balaban J connectivity index is 2.40. The Morgan fingerprint density at radius 2 is 2.00 bits per heavy atom. The summed E-state index contributed by atoms with van der Waals surface area (Å²) in [4.78, 5) is 24.6. The third-order valence-corrected chi connectivity index (χ3v) is 2.71. The molecule has 4 nitrogen and oxygen atoms in total. The molecule has 0 unspecified atom stereocenters. The number of rotatable bonds is 1. The van der Waals surface area contributed by atoms with E-state index in [0.29, 0.717) is 30.1 Å². The lowest BCUT2D eigenvalue weighted by atomic mass is 10.2. The maximum Gasteiger partial charge on any atom is 0.328 e. The van der Waals surface area contributed by atoms with Crippen LogP contribution in [0.25, 0.3) is 0 Å². The second-order valence-corrected chi connectivity index (χ2v) is 3.92. The Bertz CT molecular complexity index is 416. The molecule has 2 rings (SSSR count). The van der Waals surface area contributed by atoms with Crippen molar-refractivity contribution in [2.45, 2.75) is 12.8 Å². The molecule has 1 aromatic carbocycles. The van der Waals surface area contributed by atoms with Crippen molar-refractivity contribution in [3.05, 3.63) is 29.3 Å². The molecule has 0 saturated carbocycles. The van der Waals surface area contributed by atoms with Gasteiger partial charge in [0.2, 0.25) is 5.91 Å². The van der Waals surface area contributed by atoms with Crippen molar-refractivity contribution in [1.82, 2.24) is 5.32 Å². The molecule has 1 aliphatic rings. The van der Waals surface area contributed by atoms with Gasteiger partial charge in [-0.15, -0.1) is 0 Å². The summed E-state index contributed by atoms with van der Waals surface area (Å²) in [5, 5.41) is 3.05. The lowest BCUT2D eigenvalue weighted by molar-refractivity contribution is -0.117. The molecule has 1 heterocycles. The molecule has 1 aliphatic heterocycles. The van der Waals surface area contributed by atoms with Gasteiger partial charge in [-0.1, -0.05) is 23.7 Å². The van der Waals surface area contributed by atoms with E-state index < -0.39 is 6.03 Å². The molecule has 0 spiro atoms. The van der Waals surface area contributed by atoms with Crippen molar-refractivity contribution in [3.8, 4) is 0 Å². The number of hydrogen-bond acceptors (Lipinski definition) is 2. The molecule has 0 aliphatic carbocycles. The number of imide groups is 1. The minimum atomic E-state index is -0.407. The lowest BCUT2D eigenvalue weighted by Gasteiger charge is -2.19. The molecule has 1 saturated heterocycles. The van der Waals surface area contributed by atoms with Crippen LogP contribution in [0.15, 0.2) is 24.3 Å². The predicted octanol–water partition coefficient (Wildman–Crippen LogP) is 2.18. The van der Waals surface area contributed by atoms with Crippen LogP contribution in [0.2, 0.25) is 5.02 Å². The number of hydrogen-bond donors (Lipinski definition) is 1. The van der Waals surface area contributed by atoms with E-state index in [1.54, 1.807) is 24.3 Å².